The molecule has 0 saturated heterocycles. The van der Waals surface area contributed by atoms with E-state index >= 15 is 0 Å². The first-order valence-corrected chi connectivity index (χ1v) is 11.9. The van der Waals surface area contributed by atoms with Gasteiger partial charge >= 0.3 is 5.97 Å². The van der Waals surface area contributed by atoms with Crippen molar-refractivity contribution in [3.8, 4) is 5.75 Å². The molecule has 1 aliphatic rings. The Morgan fingerprint density at radius 3 is 2.35 bits per heavy atom. The third-order valence-electron chi connectivity index (χ3n) is 6.51. The number of anilines is 1. The second-order valence-corrected chi connectivity index (χ2v) is 8.90. The van der Waals surface area contributed by atoms with E-state index in [0.717, 1.165) is 22.4 Å². The van der Waals surface area contributed by atoms with Gasteiger partial charge in [-0.3, -0.25) is 19.3 Å². The molecule has 0 aromatic heterocycles. The number of carbonyl (C=O) groups is 4. The van der Waals surface area contributed by atoms with Crippen LogP contribution in [0.3, 0.4) is 0 Å². The molecule has 1 aliphatic heterocycles. The van der Waals surface area contributed by atoms with Gasteiger partial charge in [0.1, 0.15) is 5.75 Å². The van der Waals surface area contributed by atoms with E-state index in [0.29, 0.717) is 12.1 Å². The van der Waals surface area contributed by atoms with Gasteiger partial charge in [-0.1, -0.05) is 24.3 Å². The predicted octanol–water partition coefficient (Wildman–Crippen LogP) is 4.33. The number of ether oxygens (including phenoxy) is 2. The standard InChI is InChI=1S/C29H28N2O6/c1-17-6-5-7-25(18(17)2)30-26(32)19(3)37-29(35)21-10-13-23-24(16-21)28(34)31(27(23)33)15-14-20-8-11-22(36-4)12-9-20/h5-13,16,19H,14-15H2,1-4H3,(H,30,32). The van der Waals surface area contributed by atoms with Crippen LogP contribution in [0.15, 0.2) is 60.7 Å². The van der Waals surface area contributed by atoms with Crippen LogP contribution in [0, 0.1) is 13.8 Å². The van der Waals surface area contributed by atoms with Crippen LogP contribution in [-0.2, 0) is 16.0 Å². The minimum absolute atomic E-state index is 0.0864. The third kappa shape index (κ3) is 5.38. The van der Waals surface area contributed by atoms with E-state index in [9.17, 15) is 19.2 Å². The molecule has 3 amide bonds. The van der Waals surface area contributed by atoms with Gasteiger partial charge in [-0.15, -0.1) is 0 Å². The fraction of sp³-hybridized carbons (Fsp3) is 0.241. The first-order chi connectivity index (χ1) is 17.7. The second kappa shape index (κ2) is 10.7. The Labute approximate surface area is 215 Å². The number of hydrogen-bond acceptors (Lipinski definition) is 6. The number of benzene rings is 3. The average Bonchev–Trinajstić information content (AvgIpc) is 3.14. The summed E-state index contributed by atoms with van der Waals surface area (Å²) in [7, 11) is 1.58. The molecule has 0 saturated carbocycles. The van der Waals surface area contributed by atoms with E-state index in [1.54, 1.807) is 13.2 Å². The maximum atomic E-state index is 13.0. The Kier molecular flexibility index (Phi) is 7.38. The zero-order valence-corrected chi connectivity index (χ0v) is 21.2. The minimum atomic E-state index is -1.07. The maximum Gasteiger partial charge on any atom is 0.338 e. The first kappa shape index (κ1) is 25.6. The van der Waals surface area contributed by atoms with Crippen molar-refractivity contribution in [2.24, 2.45) is 0 Å². The van der Waals surface area contributed by atoms with E-state index in [2.05, 4.69) is 5.32 Å². The Hall–Kier alpha value is -4.46. The lowest BCUT2D eigenvalue weighted by Crippen LogP contribution is -2.31. The number of aryl methyl sites for hydroxylation is 1. The minimum Gasteiger partial charge on any atom is -0.497 e. The number of amides is 3. The molecule has 0 aliphatic carbocycles. The van der Waals surface area contributed by atoms with E-state index in [4.69, 9.17) is 9.47 Å². The summed E-state index contributed by atoms with van der Waals surface area (Å²) in [6.07, 6.45) is -0.587. The molecule has 8 heteroatoms. The van der Waals surface area contributed by atoms with E-state index in [1.807, 2.05) is 50.2 Å². The number of hydrogen-bond donors (Lipinski definition) is 1. The molecule has 3 aromatic rings. The number of nitrogens with one attached hydrogen (secondary N) is 1. The van der Waals surface area contributed by atoms with Crippen LogP contribution in [0.2, 0.25) is 0 Å². The van der Waals surface area contributed by atoms with Crippen LogP contribution in [-0.4, -0.2) is 48.3 Å². The zero-order valence-electron chi connectivity index (χ0n) is 21.2. The fourth-order valence-electron chi connectivity index (χ4n) is 4.06. The summed E-state index contributed by atoms with van der Waals surface area (Å²) in [5, 5.41) is 2.77. The lowest BCUT2D eigenvalue weighted by Gasteiger charge is -2.15. The molecule has 190 valence electrons. The summed E-state index contributed by atoms with van der Waals surface area (Å²) in [6.45, 7) is 5.51. The number of esters is 1. The molecule has 4 rings (SSSR count). The maximum absolute atomic E-state index is 13.0. The van der Waals surface area contributed by atoms with Crippen LogP contribution < -0.4 is 10.1 Å². The normalized spacial score (nSPS) is 13.2. The Balaban J connectivity index is 1.40. The van der Waals surface area contributed by atoms with E-state index < -0.39 is 29.8 Å². The molecule has 8 nitrogen and oxygen atoms in total. The molecular formula is C29H28N2O6. The Morgan fingerprint density at radius 2 is 1.65 bits per heavy atom. The Bertz CT molecular complexity index is 1380. The van der Waals surface area contributed by atoms with Crippen LogP contribution in [0.4, 0.5) is 5.69 Å². The summed E-state index contributed by atoms with van der Waals surface area (Å²) in [4.78, 5) is 52.3. The number of fused-ring (bicyclic) bond motifs is 1. The quantitative estimate of drug-likeness (QED) is 0.365. The van der Waals surface area contributed by atoms with Gasteiger partial charge in [-0.05, 0) is 80.3 Å². The van der Waals surface area contributed by atoms with Crippen molar-refractivity contribution in [1.82, 2.24) is 4.90 Å². The van der Waals surface area contributed by atoms with E-state index in [-0.39, 0.29) is 23.2 Å². The van der Waals surface area contributed by atoms with Gasteiger partial charge in [0, 0.05) is 12.2 Å². The van der Waals surface area contributed by atoms with Gasteiger partial charge < -0.3 is 14.8 Å². The highest BCUT2D eigenvalue weighted by atomic mass is 16.5. The van der Waals surface area contributed by atoms with Crippen molar-refractivity contribution in [3.63, 3.8) is 0 Å². The van der Waals surface area contributed by atoms with Gasteiger partial charge in [0.2, 0.25) is 0 Å². The third-order valence-corrected chi connectivity index (χ3v) is 6.51. The molecule has 1 heterocycles. The zero-order chi connectivity index (χ0) is 26.7. The van der Waals surface area contributed by atoms with Crippen LogP contribution in [0.5, 0.6) is 5.75 Å². The van der Waals surface area contributed by atoms with Crippen molar-refractivity contribution in [3.05, 3.63) is 94.0 Å². The number of rotatable bonds is 8. The highest BCUT2D eigenvalue weighted by Gasteiger charge is 2.36. The van der Waals surface area contributed by atoms with Gasteiger partial charge in [0.15, 0.2) is 6.10 Å². The molecule has 1 atom stereocenters. The molecule has 1 unspecified atom stereocenters. The smallest absolute Gasteiger partial charge is 0.338 e. The molecule has 0 spiro atoms. The van der Waals surface area contributed by atoms with Crippen molar-refractivity contribution >= 4 is 29.4 Å². The van der Waals surface area contributed by atoms with Crippen molar-refractivity contribution < 1.29 is 28.7 Å². The summed E-state index contributed by atoms with van der Waals surface area (Å²) >= 11 is 0. The van der Waals surface area contributed by atoms with Crippen LogP contribution in [0.1, 0.15) is 54.7 Å². The Morgan fingerprint density at radius 1 is 0.946 bits per heavy atom. The summed E-state index contributed by atoms with van der Waals surface area (Å²) < 4.78 is 10.5. The monoisotopic (exact) mass is 500 g/mol. The fourth-order valence-corrected chi connectivity index (χ4v) is 4.06. The molecule has 0 bridgehead atoms. The molecule has 1 N–H and O–H groups in total. The average molecular weight is 501 g/mol. The molecular weight excluding hydrogens is 472 g/mol. The van der Waals surface area contributed by atoms with Gasteiger partial charge in [0.05, 0.1) is 23.8 Å². The van der Waals surface area contributed by atoms with Gasteiger partial charge in [0.25, 0.3) is 17.7 Å². The number of methoxy groups -OCH3 is 1. The highest BCUT2D eigenvalue weighted by Crippen LogP contribution is 2.25. The SMILES string of the molecule is COc1ccc(CCN2C(=O)c3ccc(C(=O)OC(C)C(=O)Nc4cccc(C)c4C)cc3C2=O)cc1. The topological polar surface area (TPSA) is 102 Å². The lowest BCUT2D eigenvalue weighted by atomic mass is 10.1. The molecule has 37 heavy (non-hydrogen) atoms. The van der Waals surface area contributed by atoms with Crippen molar-refractivity contribution in [2.75, 3.05) is 19.0 Å². The number of carbonyl (C=O) groups excluding carboxylic acids is 4. The van der Waals surface area contributed by atoms with Gasteiger partial charge in [-0.2, -0.15) is 0 Å². The molecule has 0 radical (unpaired) electrons. The summed E-state index contributed by atoms with van der Waals surface area (Å²) in [5.74, 6) is -1.39. The predicted molar refractivity (Wildman–Crippen MR) is 138 cm³/mol. The van der Waals surface area contributed by atoms with Gasteiger partial charge in [-0.25, -0.2) is 4.79 Å². The number of nitrogens with zero attached hydrogens (tertiary/aromatic N) is 1. The van der Waals surface area contributed by atoms with Crippen molar-refractivity contribution in [1.29, 1.82) is 0 Å². The van der Waals surface area contributed by atoms with Crippen molar-refractivity contribution in [2.45, 2.75) is 33.3 Å². The van der Waals surface area contributed by atoms with Crippen LogP contribution in [0.25, 0.3) is 0 Å². The number of imide groups is 1. The largest absolute Gasteiger partial charge is 0.497 e. The molecule has 0 fully saturated rings. The first-order valence-electron chi connectivity index (χ1n) is 11.9. The van der Waals surface area contributed by atoms with E-state index in [1.165, 1.54) is 30.0 Å². The molecule has 3 aromatic carbocycles. The second-order valence-electron chi connectivity index (χ2n) is 8.90. The summed E-state index contributed by atoms with van der Waals surface area (Å²) in [6, 6.07) is 17.2. The van der Waals surface area contributed by atoms with Crippen LogP contribution >= 0.6 is 0 Å². The highest BCUT2D eigenvalue weighted by molar-refractivity contribution is 6.22. The lowest BCUT2D eigenvalue weighted by molar-refractivity contribution is -0.123. The summed E-state index contributed by atoms with van der Waals surface area (Å²) in [5.41, 5.74) is 4.01.